The molecule has 2 aromatic rings. The summed E-state index contributed by atoms with van der Waals surface area (Å²) in [5.41, 5.74) is 2.23. The fraction of sp³-hybridized carbons (Fsp3) is 0.176. The van der Waals surface area contributed by atoms with E-state index in [-0.39, 0.29) is 0 Å². The molecule has 0 N–H and O–H groups in total. The van der Waals surface area contributed by atoms with Crippen molar-refractivity contribution < 1.29 is 9.47 Å². The summed E-state index contributed by atoms with van der Waals surface area (Å²) in [5, 5.41) is 0. The molecule has 0 aliphatic carbocycles. The van der Waals surface area contributed by atoms with Crippen LogP contribution in [-0.2, 0) is 11.3 Å². The highest BCUT2D eigenvalue weighted by Crippen LogP contribution is 2.20. The molecule has 0 amide bonds. The number of methoxy groups -OCH3 is 1. The maximum absolute atomic E-state index is 5.86. The molecule has 0 bridgehead atoms. The summed E-state index contributed by atoms with van der Waals surface area (Å²) < 4.78 is 10.9. The van der Waals surface area contributed by atoms with Crippen molar-refractivity contribution in [2.45, 2.75) is 6.61 Å². The zero-order valence-corrected chi connectivity index (χ0v) is 11.1. The van der Waals surface area contributed by atoms with Crippen LogP contribution in [-0.4, -0.2) is 13.7 Å². The highest BCUT2D eigenvalue weighted by molar-refractivity contribution is 5.57. The van der Waals surface area contributed by atoms with Crippen LogP contribution in [0.25, 0.3) is 6.08 Å². The van der Waals surface area contributed by atoms with Gasteiger partial charge in [-0.3, -0.25) is 0 Å². The molecule has 0 heterocycles. The smallest absolute Gasteiger partial charge is 0.127 e. The van der Waals surface area contributed by atoms with Crippen molar-refractivity contribution in [2.75, 3.05) is 13.7 Å². The molecule has 0 saturated heterocycles. The Kier molecular flexibility index (Phi) is 5.20. The van der Waals surface area contributed by atoms with Crippen LogP contribution >= 0.6 is 0 Å². The molecule has 19 heavy (non-hydrogen) atoms. The molecule has 2 rings (SSSR count). The van der Waals surface area contributed by atoms with E-state index in [0.29, 0.717) is 13.2 Å². The first-order valence-corrected chi connectivity index (χ1v) is 6.31. The lowest BCUT2D eigenvalue weighted by Crippen LogP contribution is -1.96. The van der Waals surface area contributed by atoms with Crippen molar-refractivity contribution in [2.24, 2.45) is 0 Å². The Morgan fingerprint density at radius 3 is 2.47 bits per heavy atom. The quantitative estimate of drug-likeness (QED) is 0.777. The summed E-state index contributed by atoms with van der Waals surface area (Å²) in [4.78, 5) is 0. The van der Waals surface area contributed by atoms with Gasteiger partial charge in [0.15, 0.2) is 0 Å². The van der Waals surface area contributed by atoms with Crippen molar-refractivity contribution in [3.8, 4) is 5.75 Å². The minimum Gasteiger partial charge on any atom is -0.488 e. The Labute approximate surface area is 114 Å². The van der Waals surface area contributed by atoms with Crippen molar-refractivity contribution in [1.82, 2.24) is 0 Å². The second-order valence-corrected chi connectivity index (χ2v) is 4.17. The van der Waals surface area contributed by atoms with E-state index in [9.17, 15) is 0 Å². The lowest BCUT2D eigenvalue weighted by atomic mass is 10.2. The highest BCUT2D eigenvalue weighted by atomic mass is 16.5. The molecular formula is C17H18O2. The molecular weight excluding hydrogens is 236 g/mol. The Morgan fingerprint density at radius 2 is 1.68 bits per heavy atom. The van der Waals surface area contributed by atoms with Crippen molar-refractivity contribution in [1.29, 1.82) is 0 Å². The van der Waals surface area contributed by atoms with E-state index in [1.807, 2.05) is 54.6 Å². The van der Waals surface area contributed by atoms with E-state index in [1.54, 1.807) is 7.11 Å². The summed E-state index contributed by atoms with van der Waals surface area (Å²) in [6.45, 7) is 1.18. The van der Waals surface area contributed by atoms with Crippen molar-refractivity contribution in [3.05, 3.63) is 71.8 Å². The molecule has 2 nitrogen and oxygen atoms in total. The number of ether oxygens (including phenoxy) is 2. The topological polar surface area (TPSA) is 18.5 Å². The summed E-state index contributed by atoms with van der Waals surface area (Å²) >= 11 is 0. The Hall–Kier alpha value is -2.06. The van der Waals surface area contributed by atoms with Gasteiger partial charge in [0.05, 0.1) is 6.61 Å². The normalized spacial score (nSPS) is 10.8. The number of para-hydroxylation sites is 1. The predicted molar refractivity (Wildman–Crippen MR) is 78.1 cm³/mol. The van der Waals surface area contributed by atoms with Gasteiger partial charge in [-0.15, -0.1) is 0 Å². The third-order valence-electron chi connectivity index (χ3n) is 2.72. The second kappa shape index (κ2) is 7.39. The summed E-state index contributed by atoms with van der Waals surface area (Å²) in [6.07, 6.45) is 3.99. The molecule has 2 aromatic carbocycles. The van der Waals surface area contributed by atoms with Gasteiger partial charge < -0.3 is 9.47 Å². The average molecular weight is 254 g/mol. The second-order valence-electron chi connectivity index (χ2n) is 4.17. The van der Waals surface area contributed by atoms with Crippen LogP contribution in [0.1, 0.15) is 11.1 Å². The van der Waals surface area contributed by atoms with Gasteiger partial charge in [-0.2, -0.15) is 0 Å². The van der Waals surface area contributed by atoms with Crippen LogP contribution in [0.15, 0.2) is 60.7 Å². The van der Waals surface area contributed by atoms with Gasteiger partial charge in [0.1, 0.15) is 12.4 Å². The zero-order valence-electron chi connectivity index (χ0n) is 11.1. The van der Waals surface area contributed by atoms with Gasteiger partial charge in [0.25, 0.3) is 0 Å². The van der Waals surface area contributed by atoms with Crippen LogP contribution in [0.3, 0.4) is 0 Å². The van der Waals surface area contributed by atoms with E-state index < -0.39 is 0 Å². The van der Waals surface area contributed by atoms with Crippen LogP contribution < -0.4 is 4.74 Å². The van der Waals surface area contributed by atoms with Crippen LogP contribution in [0, 0.1) is 0 Å². The minimum atomic E-state index is 0.579. The largest absolute Gasteiger partial charge is 0.488 e. The number of hydrogen-bond donors (Lipinski definition) is 0. The summed E-state index contributed by atoms with van der Waals surface area (Å²) in [6, 6.07) is 18.2. The van der Waals surface area contributed by atoms with Crippen molar-refractivity contribution >= 4 is 6.08 Å². The van der Waals surface area contributed by atoms with Gasteiger partial charge in [-0.1, -0.05) is 60.7 Å². The minimum absolute atomic E-state index is 0.579. The lowest BCUT2D eigenvalue weighted by molar-refractivity contribution is 0.234. The molecule has 98 valence electrons. The average Bonchev–Trinajstić information content (AvgIpc) is 2.48. The first kappa shape index (κ1) is 13.4. The lowest BCUT2D eigenvalue weighted by Gasteiger charge is -2.09. The predicted octanol–water partition coefficient (Wildman–Crippen LogP) is 3.93. The van der Waals surface area contributed by atoms with E-state index >= 15 is 0 Å². The van der Waals surface area contributed by atoms with Gasteiger partial charge in [0.2, 0.25) is 0 Å². The monoisotopic (exact) mass is 254 g/mol. The SMILES string of the molecule is COC/C=C/c1ccccc1OCc1ccccc1. The highest BCUT2D eigenvalue weighted by Gasteiger charge is 2.00. The fourth-order valence-corrected chi connectivity index (χ4v) is 1.76. The van der Waals surface area contributed by atoms with Crippen LogP contribution in [0.4, 0.5) is 0 Å². The number of hydrogen-bond acceptors (Lipinski definition) is 2. The van der Waals surface area contributed by atoms with Crippen LogP contribution in [0.5, 0.6) is 5.75 Å². The molecule has 0 fully saturated rings. The molecule has 0 aliphatic rings. The molecule has 0 aromatic heterocycles. The Morgan fingerprint density at radius 1 is 0.947 bits per heavy atom. The van der Waals surface area contributed by atoms with Gasteiger partial charge >= 0.3 is 0 Å². The first-order chi connectivity index (χ1) is 9.40. The van der Waals surface area contributed by atoms with E-state index in [1.165, 1.54) is 0 Å². The number of rotatable bonds is 6. The third kappa shape index (κ3) is 4.27. The standard InChI is InChI=1S/C17H18O2/c1-18-13-7-11-16-10-5-6-12-17(16)19-14-15-8-3-2-4-9-15/h2-12H,13-14H2,1H3/b11-7+. The summed E-state index contributed by atoms with van der Waals surface area (Å²) in [7, 11) is 1.68. The Balaban J connectivity index is 2.03. The van der Waals surface area contributed by atoms with E-state index in [0.717, 1.165) is 16.9 Å². The third-order valence-corrected chi connectivity index (χ3v) is 2.72. The number of benzene rings is 2. The van der Waals surface area contributed by atoms with Gasteiger partial charge in [-0.25, -0.2) is 0 Å². The molecule has 0 aliphatic heterocycles. The molecule has 0 saturated carbocycles. The molecule has 0 radical (unpaired) electrons. The molecule has 2 heteroatoms. The maximum Gasteiger partial charge on any atom is 0.127 e. The van der Waals surface area contributed by atoms with Gasteiger partial charge in [-0.05, 0) is 11.6 Å². The maximum atomic E-state index is 5.86. The molecule has 0 unspecified atom stereocenters. The van der Waals surface area contributed by atoms with Crippen LogP contribution in [0.2, 0.25) is 0 Å². The van der Waals surface area contributed by atoms with E-state index in [2.05, 4.69) is 12.1 Å². The van der Waals surface area contributed by atoms with Crippen molar-refractivity contribution in [3.63, 3.8) is 0 Å². The fourth-order valence-electron chi connectivity index (χ4n) is 1.76. The Bertz CT molecular complexity index is 518. The summed E-state index contributed by atoms with van der Waals surface area (Å²) in [5.74, 6) is 0.888. The van der Waals surface area contributed by atoms with Gasteiger partial charge in [0, 0.05) is 12.7 Å². The van der Waals surface area contributed by atoms with E-state index in [4.69, 9.17) is 9.47 Å². The molecule has 0 atom stereocenters. The molecule has 0 spiro atoms. The zero-order chi connectivity index (χ0) is 13.3. The first-order valence-electron chi connectivity index (χ1n) is 6.31.